The molecule has 1 aromatic rings. The van der Waals surface area contributed by atoms with Crippen LogP contribution in [0.5, 0.6) is 0 Å². The number of halogens is 3. The molecule has 2 rings (SSSR count). The molecule has 3 nitrogen and oxygen atoms in total. The van der Waals surface area contributed by atoms with Gasteiger partial charge in [-0.3, -0.25) is 4.79 Å². The van der Waals surface area contributed by atoms with E-state index < -0.39 is 11.7 Å². The molecule has 22 heavy (non-hydrogen) atoms. The Balaban J connectivity index is 2.21. The number of carbonyl (C=O) groups excluding carboxylic acids is 1. The molecule has 1 aromatic carbocycles. The molecule has 0 radical (unpaired) electrons. The van der Waals surface area contributed by atoms with Gasteiger partial charge in [0.15, 0.2) is 0 Å². The van der Waals surface area contributed by atoms with Crippen LogP contribution in [0.3, 0.4) is 0 Å². The van der Waals surface area contributed by atoms with Gasteiger partial charge in [-0.25, -0.2) is 0 Å². The Hall–Kier alpha value is -1.82. The minimum absolute atomic E-state index is 0.0151. The number of alkyl halides is 3. The molecule has 0 aliphatic carbocycles. The molecule has 0 saturated carbocycles. The summed E-state index contributed by atoms with van der Waals surface area (Å²) in [6.45, 7) is 2.49. The van der Waals surface area contributed by atoms with Gasteiger partial charge in [-0.1, -0.05) is 18.2 Å². The maximum absolute atomic E-state index is 13.0. The van der Waals surface area contributed by atoms with E-state index >= 15 is 0 Å². The minimum Gasteiger partial charge on any atom is -0.396 e. The van der Waals surface area contributed by atoms with Crippen LogP contribution in [-0.2, 0) is 11.0 Å². The number of hydrogen-bond donors (Lipinski definition) is 1. The first kappa shape index (κ1) is 16.5. The van der Waals surface area contributed by atoms with Gasteiger partial charge in [0.05, 0.1) is 5.56 Å². The average Bonchev–Trinajstić information content (AvgIpc) is 2.95. The van der Waals surface area contributed by atoms with E-state index in [-0.39, 0.29) is 29.6 Å². The first-order valence-electron chi connectivity index (χ1n) is 7.07. The predicted octanol–water partition coefficient (Wildman–Crippen LogP) is 2.95. The van der Waals surface area contributed by atoms with E-state index in [0.717, 1.165) is 6.07 Å². The monoisotopic (exact) mass is 313 g/mol. The first-order valence-corrected chi connectivity index (χ1v) is 7.07. The van der Waals surface area contributed by atoms with Gasteiger partial charge >= 0.3 is 6.18 Å². The third-order valence-electron chi connectivity index (χ3n) is 3.85. The molecule has 0 bridgehead atoms. The number of amides is 1. The van der Waals surface area contributed by atoms with Gasteiger partial charge in [0.25, 0.3) is 0 Å². The highest BCUT2D eigenvalue weighted by atomic mass is 19.4. The Morgan fingerprint density at radius 3 is 2.68 bits per heavy atom. The van der Waals surface area contributed by atoms with Crippen molar-refractivity contribution >= 4 is 11.5 Å². The molecule has 1 N–H and O–H groups in total. The largest absolute Gasteiger partial charge is 0.416 e. The molecular weight excluding hydrogens is 295 g/mol. The summed E-state index contributed by atoms with van der Waals surface area (Å²) in [5.74, 6) is -0.259. The minimum atomic E-state index is -4.45. The third-order valence-corrected chi connectivity index (χ3v) is 3.85. The fraction of sp³-hybridized carbons (Fsp3) is 0.438. The van der Waals surface area contributed by atoms with Gasteiger partial charge < -0.3 is 10.0 Å². The Morgan fingerprint density at radius 2 is 2.09 bits per heavy atom. The fourth-order valence-electron chi connectivity index (χ4n) is 2.61. The number of rotatable bonds is 3. The van der Waals surface area contributed by atoms with Crippen molar-refractivity contribution in [1.82, 2.24) is 4.90 Å². The van der Waals surface area contributed by atoms with E-state index in [1.807, 2.05) is 0 Å². The van der Waals surface area contributed by atoms with E-state index in [2.05, 4.69) is 0 Å². The number of benzene rings is 1. The zero-order valence-electron chi connectivity index (χ0n) is 12.2. The number of likely N-dealkylation sites (tertiary alicyclic amines) is 1. The second kappa shape index (κ2) is 6.52. The van der Waals surface area contributed by atoms with Crippen LogP contribution in [0.15, 0.2) is 30.3 Å². The highest BCUT2D eigenvalue weighted by Gasteiger charge is 2.33. The van der Waals surface area contributed by atoms with E-state index in [4.69, 9.17) is 5.11 Å². The molecule has 1 aliphatic heterocycles. The number of aliphatic hydroxyl groups excluding tert-OH is 1. The van der Waals surface area contributed by atoms with Crippen LogP contribution in [0.2, 0.25) is 0 Å². The summed E-state index contributed by atoms with van der Waals surface area (Å²) in [4.78, 5) is 13.7. The molecule has 1 aliphatic rings. The van der Waals surface area contributed by atoms with Crippen LogP contribution in [-0.4, -0.2) is 35.6 Å². The van der Waals surface area contributed by atoms with E-state index in [1.165, 1.54) is 31.2 Å². The Labute approximate surface area is 127 Å². The second-order valence-electron chi connectivity index (χ2n) is 5.49. The highest BCUT2D eigenvalue weighted by Crippen LogP contribution is 2.34. The molecule has 0 aromatic heterocycles. The summed E-state index contributed by atoms with van der Waals surface area (Å²) in [6.07, 6.45) is -2.50. The second-order valence-corrected chi connectivity index (χ2v) is 5.49. The van der Waals surface area contributed by atoms with Gasteiger partial charge in [0, 0.05) is 31.7 Å². The molecular formula is C16H18F3NO2. The van der Waals surface area contributed by atoms with E-state index in [1.54, 1.807) is 4.90 Å². The van der Waals surface area contributed by atoms with Crippen molar-refractivity contribution < 1.29 is 23.1 Å². The van der Waals surface area contributed by atoms with Crippen molar-refractivity contribution in [2.24, 2.45) is 5.92 Å². The average molecular weight is 313 g/mol. The quantitative estimate of drug-likeness (QED) is 0.872. The zero-order chi connectivity index (χ0) is 16.3. The lowest BCUT2D eigenvalue weighted by Crippen LogP contribution is -2.27. The van der Waals surface area contributed by atoms with E-state index in [0.29, 0.717) is 19.5 Å². The van der Waals surface area contributed by atoms with E-state index in [9.17, 15) is 18.0 Å². The van der Waals surface area contributed by atoms with Crippen LogP contribution in [0.4, 0.5) is 13.2 Å². The van der Waals surface area contributed by atoms with Crippen molar-refractivity contribution in [3.05, 3.63) is 41.5 Å². The fourth-order valence-corrected chi connectivity index (χ4v) is 2.61. The molecule has 0 spiro atoms. The van der Waals surface area contributed by atoms with Crippen molar-refractivity contribution in [3.63, 3.8) is 0 Å². The zero-order valence-corrected chi connectivity index (χ0v) is 12.2. The van der Waals surface area contributed by atoms with Crippen molar-refractivity contribution in [2.75, 3.05) is 19.7 Å². The van der Waals surface area contributed by atoms with Crippen LogP contribution >= 0.6 is 0 Å². The Kier molecular flexibility index (Phi) is 4.90. The number of carbonyl (C=O) groups is 1. The van der Waals surface area contributed by atoms with Crippen LogP contribution in [0, 0.1) is 5.92 Å². The van der Waals surface area contributed by atoms with Crippen LogP contribution < -0.4 is 0 Å². The number of allylic oxidation sites excluding steroid dienone is 1. The van der Waals surface area contributed by atoms with Gasteiger partial charge in [0.1, 0.15) is 0 Å². The standard InChI is InChI=1S/C16H18F3NO2/c1-11(8-15(22)20-7-6-12(9-20)10-21)13-4-2-3-5-14(13)16(17,18)19/h2-5,8,12,21H,6-7,9-10H2,1H3/b11-8-. The topological polar surface area (TPSA) is 40.5 Å². The van der Waals surface area contributed by atoms with Gasteiger partial charge in [-0.05, 0) is 30.5 Å². The Morgan fingerprint density at radius 1 is 1.41 bits per heavy atom. The molecule has 6 heteroatoms. The molecule has 120 valence electrons. The summed E-state index contributed by atoms with van der Waals surface area (Å²) >= 11 is 0. The highest BCUT2D eigenvalue weighted by molar-refractivity contribution is 5.95. The smallest absolute Gasteiger partial charge is 0.396 e. The van der Waals surface area contributed by atoms with Crippen LogP contribution in [0.25, 0.3) is 5.57 Å². The summed E-state index contributed by atoms with van der Waals surface area (Å²) in [6, 6.07) is 5.22. The van der Waals surface area contributed by atoms with Crippen LogP contribution in [0.1, 0.15) is 24.5 Å². The van der Waals surface area contributed by atoms with Crippen molar-refractivity contribution in [1.29, 1.82) is 0 Å². The lowest BCUT2D eigenvalue weighted by molar-refractivity contribution is -0.137. The van der Waals surface area contributed by atoms with Gasteiger partial charge in [-0.2, -0.15) is 13.2 Å². The number of nitrogens with zero attached hydrogens (tertiary/aromatic N) is 1. The molecule has 1 amide bonds. The van der Waals surface area contributed by atoms with Gasteiger partial charge in [-0.15, -0.1) is 0 Å². The number of aliphatic hydroxyl groups is 1. The maximum atomic E-state index is 13.0. The summed E-state index contributed by atoms with van der Waals surface area (Å²) < 4.78 is 39.0. The summed E-state index contributed by atoms with van der Waals surface area (Å²) in [5, 5.41) is 9.07. The molecule has 1 atom stereocenters. The van der Waals surface area contributed by atoms with Crippen molar-refractivity contribution in [3.8, 4) is 0 Å². The predicted molar refractivity (Wildman–Crippen MR) is 76.9 cm³/mol. The SMILES string of the molecule is C/C(=C/C(=O)N1CCC(CO)C1)c1ccccc1C(F)(F)F. The van der Waals surface area contributed by atoms with Crippen molar-refractivity contribution in [2.45, 2.75) is 19.5 Å². The normalized spacial score (nSPS) is 19.6. The lowest BCUT2D eigenvalue weighted by atomic mass is 10.00. The third kappa shape index (κ3) is 3.68. The molecule has 1 saturated heterocycles. The molecule has 1 heterocycles. The maximum Gasteiger partial charge on any atom is 0.416 e. The lowest BCUT2D eigenvalue weighted by Gasteiger charge is -2.16. The Bertz CT molecular complexity index is 581. The first-order chi connectivity index (χ1) is 10.3. The summed E-state index contributed by atoms with van der Waals surface area (Å²) in [5.41, 5.74) is -0.446. The molecule has 1 unspecified atom stereocenters. The molecule has 1 fully saturated rings. The van der Waals surface area contributed by atoms with Gasteiger partial charge in [0.2, 0.25) is 5.91 Å². The number of hydrogen-bond acceptors (Lipinski definition) is 2. The summed E-state index contributed by atoms with van der Waals surface area (Å²) in [7, 11) is 0.